The molecule has 0 amide bonds. The van der Waals surface area contributed by atoms with Crippen molar-refractivity contribution in [3.63, 3.8) is 0 Å². The lowest BCUT2D eigenvalue weighted by Crippen LogP contribution is -2.42. The van der Waals surface area contributed by atoms with Crippen LogP contribution in [0.1, 0.15) is 0 Å². The first-order valence-electron chi connectivity index (χ1n) is 10.0. The number of aldehydes is 2. The SMILES string of the molecule is O=C(CO)[C@@H](O)[C@H](O)COP(=O)(O)O.O=CC(O)CO.O=C[C@H](O)[C@H](OP(=O)(O)O)[C@H](O)COP(=O)(O)O.O=P(O)(O)O. The monoisotopic (exact) mass is 728 g/mol. The maximum atomic E-state index is 10.6. The Hall–Kier alpha value is -0.830. The van der Waals surface area contributed by atoms with Gasteiger partial charge in [0.25, 0.3) is 0 Å². The topological polar surface area (TPSA) is 471 Å². The van der Waals surface area contributed by atoms with E-state index in [1.165, 1.54) is 0 Å². The molecule has 43 heavy (non-hydrogen) atoms. The van der Waals surface area contributed by atoms with Gasteiger partial charge in [-0.25, -0.2) is 18.3 Å². The summed E-state index contributed by atoms with van der Waals surface area (Å²) in [5, 5.41) is 60.3. The van der Waals surface area contributed by atoms with E-state index in [-0.39, 0.29) is 12.6 Å². The van der Waals surface area contributed by atoms with Crippen molar-refractivity contribution in [3.8, 4) is 0 Å². The molecular weight excluding hydrogens is 696 g/mol. The van der Waals surface area contributed by atoms with Gasteiger partial charge in [0.1, 0.15) is 43.2 Å². The van der Waals surface area contributed by atoms with Crippen LogP contribution in [0.3, 0.4) is 0 Å². The largest absolute Gasteiger partial charge is 0.470 e. The van der Waals surface area contributed by atoms with Gasteiger partial charge in [-0.3, -0.25) is 18.4 Å². The third-order valence-corrected chi connectivity index (χ3v) is 4.62. The van der Waals surface area contributed by atoms with Gasteiger partial charge in [-0.1, -0.05) is 0 Å². The molecule has 0 aromatic heterocycles. The number of hydrogen-bond donors (Lipinski definition) is 16. The van der Waals surface area contributed by atoms with E-state index in [2.05, 4.69) is 13.6 Å². The third-order valence-electron chi connectivity index (χ3n) is 3.14. The lowest BCUT2D eigenvalue weighted by atomic mass is 10.1. The number of aliphatic hydroxyl groups excluding tert-OH is 7. The van der Waals surface area contributed by atoms with Crippen LogP contribution in [0.25, 0.3) is 0 Å². The number of phosphoric acid groups is 4. The summed E-state index contributed by atoms with van der Waals surface area (Å²) in [4.78, 5) is 102. The van der Waals surface area contributed by atoms with Crippen molar-refractivity contribution < 1.29 is 126 Å². The van der Waals surface area contributed by atoms with Crippen LogP contribution >= 0.6 is 31.3 Å². The van der Waals surface area contributed by atoms with Crippen LogP contribution in [0.4, 0.5) is 0 Å². The van der Waals surface area contributed by atoms with E-state index in [0.717, 1.165) is 0 Å². The van der Waals surface area contributed by atoms with Crippen LogP contribution < -0.4 is 0 Å². The summed E-state index contributed by atoms with van der Waals surface area (Å²) in [6.45, 7) is -3.48. The minimum Gasteiger partial charge on any atom is -0.393 e. The fourth-order valence-electron chi connectivity index (χ4n) is 1.48. The first-order chi connectivity index (χ1) is 19.0. The standard InChI is InChI=1S/C5H12O11P2.C5H11O8P.C3H6O3.H3O4P/c6-1-3(7)5(16-18(12,13)14)4(8)2-15-17(9,10)11;6-1-3(7)5(9)4(8)2-13-14(10,11)12;4-1-3(6)2-5;1-5(2,3)4/h1,3-5,7-8H,2H2,(H2,9,10,11)(H2,12,13,14);4-6,8-9H,1-2H2,(H2,10,11,12);1,3,5-6H,2H2;(H3,1,2,3,4)/t3-,4+,5-;4-,5-;;/m01../s1. The normalized spacial score (nSPS) is 16.2. The fraction of sp³-hybridized carbons (Fsp3) is 0.769. The highest BCUT2D eigenvalue weighted by Gasteiger charge is 2.35. The van der Waals surface area contributed by atoms with Crippen LogP contribution in [0.5, 0.6) is 0 Å². The summed E-state index contributed by atoms with van der Waals surface area (Å²) in [6, 6.07) is 0. The molecule has 0 fully saturated rings. The number of aliphatic hydroxyl groups is 7. The zero-order valence-electron chi connectivity index (χ0n) is 21.0. The number of ketones is 1. The number of carbonyl (C=O) groups excluding carboxylic acids is 3. The van der Waals surface area contributed by atoms with Crippen molar-refractivity contribution in [2.75, 3.05) is 26.4 Å². The molecule has 0 aromatic carbocycles. The molecule has 0 bridgehead atoms. The molecule has 0 aromatic rings. The predicted molar refractivity (Wildman–Crippen MR) is 129 cm³/mol. The number of rotatable bonds is 16. The molecule has 260 valence electrons. The molecule has 16 N–H and O–H groups in total. The summed E-state index contributed by atoms with van der Waals surface area (Å²) < 4.78 is 51.4. The van der Waals surface area contributed by atoms with E-state index in [0.29, 0.717) is 0 Å². The molecule has 30 heteroatoms. The Morgan fingerprint density at radius 1 is 0.651 bits per heavy atom. The Balaban J connectivity index is -0.000000267. The maximum Gasteiger partial charge on any atom is 0.470 e. The predicted octanol–water partition coefficient (Wildman–Crippen LogP) is -7.52. The second-order valence-corrected chi connectivity index (χ2v) is 11.6. The molecule has 0 aliphatic carbocycles. The van der Waals surface area contributed by atoms with Crippen molar-refractivity contribution in [2.24, 2.45) is 0 Å². The average molecular weight is 728 g/mol. The molecule has 0 aliphatic rings. The molecule has 0 heterocycles. The number of carbonyl (C=O) groups is 3. The summed E-state index contributed by atoms with van der Waals surface area (Å²) >= 11 is 0. The Morgan fingerprint density at radius 2 is 1.02 bits per heavy atom. The molecule has 26 nitrogen and oxygen atoms in total. The Kier molecular flexibility index (Phi) is 26.8. The Morgan fingerprint density at radius 3 is 1.26 bits per heavy atom. The van der Waals surface area contributed by atoms with Gasteiger partial charge in [-0.2, -0.15) is 0 Å². The molecule has 0 saturated heterocycles. The molecule has 0 rings (SSSR count). The molecule has 0 spiro atoms. The summed E-state index contributed by atoms with van der Waals surface area (Å²) in [6.07, 6.45) is -11.1. The van der Waals surface area contributed by atoms with Crippen molar-refractivity contribution in [2.45, 2.75) is 36.6 Å². The van der Waals surface area contributed by atoms with Crippen LogP contribution in [0.2, 0.25) is 0 Å². The lowest BCUT2D eigenvalue weighted by molar-refractivity contribution is -0.137. The average Bonchev–Trinajstić information content (AvgIpc) is 2.85. The minimum atomic E-state index is -5.14. The van der Waals surface area contributed by atoms with E-state index in [9.17, 15) is 33.2 Å². The smallest absolute Gasteiger partial charge is 0.393 e. The number of Topliss-reactive ketones (excluding diaryl/α,β-unsaturated/α-hetero) is 1. The highest BCUT2D eigenvalue weighted by molar-refractivity contribution is 7.46. The number of phosphoric ester groups is 3. The van der Waals surface area contributed by atoms with Gasteiger partial charge in [0.2, 0.25) is 0 Å². The molecule has 0 radical (unpaired) electrons. The van der Waals surface area contributed by atoms with E-state index < -0.39 is 100 Å². The molecule has 0 saturated carbocycles. The summed E-state index contributed by atoms with van der Waals surface area (Å²) in [5.41, 5.74) is 0. The second kappa shape index (κ2) is 23.5. The zero-order valence-corrected chi connectivity index (χ0v) is 24.6. The zero-order chi connectivity index (χ0) is 35.4. The summed E-state index contributed by atoms with van der Waals surface area (Å²) in [5.74, 6) is -1.06. The summed E-state index contributed by atoms with van der Waals surface area (Å²) in [7, 11) is -19.4. The van der Waals surface area contributed by atoms with Gasteiger partial charge in [0.05, 0.1) is 19.8 Å². The first kappa shape index (κ1) is 49.1. The fourth-order valence-corrected chi connectivity index (χ4v) is 2.76. The molecular formula is C13H32O26P4. The Labute approximate surface area is 239 Å². The third kappa shape index (κ3) is 39.1. The lowest BCUT2D eigenvalue weighted by Gasteiger charge is -2.24. The van der Waals surface area contributed by atoms with E-state index in [4.69, 9.17) is 79.2 Å². The van der Waals surface area contributed by atoms with E-state index >= 15 is 0 Å². The second-order valence-electron chi connectivity index (χ2n) is 6.86. The maximum absolute atomic E-state index is 10.6. The quantitative estimate of drug-likeness (QED) is 0.0518. The van der Waals surface area contributed by atoms with Crippen LogP contribution in [0, 0.1) is 0 Å². The van der Waals surface area contributed by atoms with Crippen molar-refractivity contribution in [1.29, 1.82) is 0 Å². The van der Waals surface area contributed by atoms with Crippen molar-refractivity contribution in [3.05, 3.63) is 0 Å². The number of hydrogen-bond acceptors (Lipinski definition) is 17. The Bertz CT molecular complexity index is 956. The van der Waals surface area contributed by atoms with E-state index in [1.54, 1.807) is 0 Å². The van der Waals surface area contributed by atoms with Gasteiger partial charge in [-0.15, -0.1) is 0 Å². The van der Waals surface area contributed by atoms with Gasteiger partial charge in [-0.05, 0) is 0 Å². The highest BCUT2D eigenvalue weighted by Crippen LogP contribution is 2.40. The molecule has 1 unspecified atom stereocenters. The van der Waals surface area contributed by atoms with E-state index in [1.807, 2.05) is 0 Å². The van der Waals surface area contributed by atoms with Crippen molar-refractivity contribution >= 4 is 49.6 Å². The molecule has 0 aliphatic heterocycles. The van der Waals surface area contributed by atoms with Crippen LogP contribution in [0.15, 0.2) is 0 Å². The first-order valence-corrected chi connectivity index (χ1v) is 16.2. The van der Waals surface area contributed by atoms with Crippen molar-refractivity contribution in [1.82, 2.24) is 0 Å². The molecule has 6 atom stereocenters. The van der Waals surface area contributed by atoms with Gasteiger partial charge < -0.3 is 89.4 Å². The van der Waals surface area contributed by atoms with Gasteiger partial charge in [0, 0.05) is 0 Å². The van der Waals surface area contributed by atoms with Crippen LogP contribution in [-0.2, 0) is 46.2 Å². The van der Waals surface area contributed by atoms with Crippen LogP contribution in [-0.4, -0.2) is 161 Å². The van der Waals surface area contributed by atoms with Gasteiger partial charge in [0.15, 0.2) is 18.4 Å². The highest BCUT2D eigenvalue weighted by atomic mass is 31.2. The minimum absolute atomic E-state index is 0.180. The van der Waals surface area contributed by atoms with Gasteiger partial charge >= 0.3 is 31.3 Å².